The molecule has 0 bridgehead atoms. The van der Waals surface area contributed by atoms with Crippen molar-refractivity contribution in [3.8, 4) is 17.6 Å². The average molecular weight is 462 g/mol. The Morgan fingerprint density at radius 1 is 1.03 bits per heavy atom. The number of hydrogen-bond donors (Lipinski definition) is 0. The minimum absolute atomic E-state index is 0. The van der Waals surface area contributed by atoms with Crippen LogP contribution < -0.4 is 44.3 Å². The Morgan fingerprint density at radius 3 is 2.44 bits per heavy atom. The molecule has 0 aliphatic carbocycles. The fourth-order valence-electron chi connectivity index (χ4n) is 4.29. The first-order chi connectivity index (χ1) is 16.1. The summed E-state index contributed by atoms with van der Waals surface area (Å²) in [6.07, 6.45) is 2.24. The summed E-state index contributed by atoms with van der Waals surface area (Å²) in [5, 5.41) is 11.0. The molecule has 1 aliphatic heterocycles. The normalized spacial score (nSPS) is 13.0. The van der Waals surface area contributed by atoms with Gasteiger partial charge in [0.1, 0.15) is 12.4 Å². The molecule has 5 heteroatoms. The van der Waals surface area contributed by atoms with Crippen LogP contribution in [0.2, 0.25) is 0 Å². The molecule has 0 radical (unpaired) electrons. The predicted octanol–water partition coefficient (Wildman–Crippen LogP) is 1.47. The number of para-hydroxylation sites is 1. The van der Waals surface area contributed by atoms with E-state index in [4.69, 9.17) is 4.74 Å². The summed E-state index contributed by atoms with van der Waals surface area (Å²) in [4.78, 5) is 13.4. The Bertz CT molecular complexity index is 1150. The molecule has 3 aromatic rings. The smallest absolute Gasteiger partial charge is 0.550 e. The van der Waals surface area contributed by atoms with E-state index in [2.05, 4.69) is 65.3 Å². The average Bonchev–Trinajstić information content (AvgIpc) is 2.84. The van der Waals surface area contributed by atoms with E-state index < -0.39 is 5.97 Å². The van der Waals surface area contributed by atoms with Gasteiger partial charge in [0.05, 0.1) is 5.92 Å². The summed E-state index contributed by atoms with van der Waals surface area (Å²) >= 11 is 0. The van der Waals surface area contributed by atoms with Crippen molar-refractivity contribution in [3.05, 3.63) is 95.1 Å². The molecular weight excluding hydrogens is 433 g/mol. The van der Waals surface area contributed by atoms with Crippen molar-refractivity contribution in [2.75, 3.05) is 11.4 Å². The first-order valence-electron chi connectivity index (χ1n) is 11.4. The number of ether oxygens (including phenoxy) is 1. The van der Waals surface area contributed by atoms with Gasteiger partial charge >= 0.3 is 29.6 Å². The first kappa shape index (κ1) is 25.9. The minimum atomic E-state index is -1.10. The molecule has 4 rings (SSSR count). The van der Waals surface area contributed by atoms with Crippen molar-refractivity contribution in [1.29, 1.82) is 0 Å². The van der Waals surface area contributed by atoms with E-state index in [0.717, 1.165) is 36.4 Å². The zero-order valence-electron chi connectivity index (χ0n) is 19.9. The molecule has 0 aromatic heterocycles. The maximum atomic E-state index is 11.0. The van der Waals surface area contributed by atoms with Crippen LogP contribution in [0.1, 0.15) is 47.9 Å². The summed E-state index contributed by atoms with van der Waals surface area (Å²) in [7, 11) is 0. The molecule has 4 nitrogen and oxygen atoms in total. The second-order valence-electron chi connectivity index (χ2n) is 8.35. The summed E-state index contributed by atoms with van der Waals surface area (Å²) in [5.74, 6) is 5.00. The van der Waals surface area contributed by atoms with Crippen LogP contribution in [0.5, 0.6) is 5.75 Å². The second kappa shape index (κ2) is 12.7. The summed E-state index contributed by atoms with van der Waals surface area (Å²) in [6, 6.07) is 24.7. The van der Waals surface area contributed by atoms with Gasteiger partial charge in [-0.15, -0.1) is 5.92 Å². The molecule has 0 N–H and O–H groups in total. The number of benzene rings is 3. The molecule has 0 amide bonds. The van der Waals surface area contributed by atoms with Crippen LogP contribution in [0.4, 0.5) is 5.69 Å². The first-order valence-corrected chi connectivity index (χ1v) is 11.4. The Labute approximate surface area is 224 Å². The van der Waals surface area contributed by atoms with E-state index in [0.29, 0.717) is 6.61 Å². The van der Waals surface area contributed by atoms with E-state index in [9.17, 15) is 9.90 Å². The monoisotopic (exact) mass is 461 g/mol. The van der Waals surface area contributed by atoms with Crippen LogP contribution in [0, 0.1) is 11.8 Å². The zero-order valence-corrected chi connectivity index (χ0v) is 21.9. The van der Waals surface area contributed by atoms with Crippen LogP contribution in [-0.2, 0) is 24.4 Å². The maximum Gasteiger partial charge on any atom is 1.00 e. The number of carbonyl (C=O) groups excluding carboxylic acids is 1. The molecule has 168 valence electrons. The van der Waals surface area contributed by atoms with Crippen LogP contribution in [-0.4, -0.2) is 12.5 Å². The van der Waals surface area contributed by atoms with Gasteiger partial charge in [-0.25, -0.2) is 0 Å². The fourth-order valence-corrected chi connectivity index (χ4v) is 4.29. The SMILES string of the molecule is CC#C[C@@H](CC(=O)[O-])c1ccc(OCc2ccc(CN3CCCc4ccccc43)cc2)cc1.[Na+]. The number of carboxylic acids is 1. The molecular formula is C29H28NNaO3. The molecule has 1 atom stereocenters. The van der Waals surface area contributed by atoms with Crippen molar-refractivity contribution in [2.45, 2.75) is 45.3 Å². The van der Waals surface area contributed by atoms with Crippen LogP contribution >= 0.6 is 0 Å². The van der Waals surface area contributed by atoms with Gasteiger partial charge < -0.3 is 19.5 Å². The topological polar surface area (TPSA) is 52.6 Å². The summed E-state index contributed by atoms with van der Waals surface area (Å²) in [6.45, 7) is 4.18. The van der Waals surface area contributed by atoms with Crippen molar-refractivity contribution in [1.82, 2.24) is 0 Å². The molecule has 1 aliphatic rings. The van der Waals surface area contributed by atoms with Gasteiger partial charge in [0.2, 0.25) is 0 Å². The summed E-state index contributed by atoms with van der Waals surface area (Å²) in [5.41, 5.74) is 6.03. The molecule has 0 fully saturated rings. The number of anilines is 1. The number of hydrogen-bond acceptors (Lipinski definition) is 4. The number of aryl methyl sites for hydroxylation is 1. The van der Waals surface area contributed by atoms with E-state index in [1.165, 1.54) is 23.2 Å². The Kier molecular flexibility index (Phi) is 9.65. The molecule has 34 heavy (non-hydrogen) atoms. The molecule has 0 saturated carbocycles. The second-order valence-corrected chi connectivity index (χ2v) is 8.35. The van der Waals surface area contributed by atoms with Gasteiger partial charge in [-0.05, 0) is 60.2 Å². The van der Waals surface area contributed by atoms with Crippen LogP contribution in [0.15, 0.2) is 72.8 Å². The molecule has 0 spiro atoms. The fraction of sp³-hybridized carbons (Fsp3) is 0.276. The third-order valence-corrected chi connectivity index (χ3v) is 5.98. The zero-order chi connectivity index (χ0) is 23.0. The van der Waals surface area contributed by atoms with Gasteiger partial charge in [-0.1, -0.05) is 60.5 Å². The van der Waals surface area contributed by atoms with Gasteiger partial charge in [0.25, 0.3) is 0 Å². The Morgan fingerprint density at radius 2 is 1.74 bits per heavy atom. The molecule has 1 heterocycles. The Balaban J connectivity index is 0.00000324. The third kappa shape index (κ3) is 6.90. The van der Waals surface area contributed by atoms with E-state index in [1.807, 2.05) is 24.3 Å². The van der Waals surface area contributed by atoms with Crippen molar-refractivity contribution < 1.29 is 44.2 Å². The Hall–Kier alpha value is -2.71. The quantitative estimate of drug-likeness (QED) is 0.377. The van der Waals surface area contributed by atoms with Gasteiger partial charge in [-0.3, -0.25) is 0 Å². The number of fused-ring (bicyclic) bond motifs is 1. The summed E-state index contributed by atoms with van der Waals surface area (Å²) < 4.78 is 5.93. The van der Waals surface area contributed by atoms with Crippen molar-refractivity contribution in [3.63, 3.8) is 0 Å². The number of aliphatic carboxylic acids is 1. The standard InChI is InChI=1S/C29H29NO3.Na/c1-2-6-26(19-29(31)32)24-14-16-27(17-15-24)33-21-23-12-10-22(11-13-23)20-30-18-5-8-25-7-3-4-9-28(25)30;/h3-4,7,9-17,26H,5,8,18-21H2,1H3,(H,31,32);/q;+1/p-1/t26-;/m0./s1. The molecule has 3 aromatic carbocycles. The van der Waals surface area contributed by atoms with E-state index in [1.54, 1.807) is 6.92 Å². The molecule has 0 saturated heterocycles. The number of nitrogens with zero attached hydrogens (tertiary/aromatic N) is 1. The van der Waals surface area contributed by atoms with Gasteiger partial charge in [0, 0.05) is 31.2 Å². The van der Waals surface area contributed by atoms with E-state index in [-0.39, 0.29) is 41.9 Å². The van der Waals surface area contributed by atoms with Crippen molar-refractivity contribution in [2.24, 2.45) is 0 Å². The van der Waals surface area contributed by atoms with Crippen molar-refractivity contribution >= 4 is 11.7 Å². The third-order valence-electron chi connectivity index (χ3n) is 5.98. The minimum Gasteiger partial charge on any atom is -0.550 e. The largest absolute Gasteiger partial charge is 1.00 e. The van der Waals surface area contributed by atoms with Gasteiger partial charge in [-0.2, -0.15) is 0 Å². The number of carboxylic acid groups (broad SMARTS) is 1. The van der Waals surface area contributed by atoms with Gasteiger partial charge in [0.15, 0.2) is 0 Å². The van der Waals surface area contributed by atoms with Crippen LogP contribution in [0.3, 0.4) is 0 Å². The number of rotatable bonds is 8. The maximum absolute atomic E-state index is 11.0. The predicted molar refractivity (Wildman–Crippen MR) is 129 cm³/mol. The molecule has 0 unspecified atom stereocenters. The van der Waals surface area contributed by atoms with Crippen LogP contribution in [0.25, 0.3) is 0 Å². The van der Waals surface area contributed by atoms with E-state index >= 15 is 0 Å². The number of carbonyl (C=O) groups is 1.